The number of nitrogens with zero attached hydrogens (tertiary/aromatic N) is 1. The van der Waals surface area contributed by atoms with Crippen molar-refractivity contribution in [1.29, 1.82) is 0 Å². The third-order valence-corrected chi connectivity index (χ3v) is 6.84. The second-order valence-corrected chi connectivity index (χ2v) is 10.3. The summed E-state index contributed by atoms with van der Waals surface area (Å²) in [7, 11) is 0. The molecule has 0 saturated carbocycles. The summed E-state index contributed by atoms with van der Waals surface area (Å²) in [6.07, 6.45) is 2.32. The van der Waals surface area contributed by atoms with Crippen molar-refractivity contribution in [2.75, 3.05) is 25.0 Å². The van der Waals surface area contributed by atoms with E-state index in [9.17, 15) is 9.59 Å². The number of halogens is 1. The van der Waals surface area contributed by atoms with E-state index in [4.69, 9.17) is 11.6 Å². The molecule has 1 aliphatic rings. The maximum Gasteiger partial charge on any atom is 0.261 e. The van der Waals surface area contributed by atoms with E-state index < -0.39 is 5.41 Å². The molecule has 1 aromatic heterocycles. The number of carbonyl (C=O) groups is 2. The van der Waals surface area contributed by atoms with E-state index >= 15 is 0 Å². The van der Waals surface area contributed by atoms with E-state index in [-0.39, 0.29) is 17.9 Å². The van der Waals surface area contributed by atoms with Crippen LogP contribution in [-0.2, 0) is 4.79 Å². The monoisotopic (exact) mass is 447 g/mol. The molecule has 1 aromatic carbocycles. The second-order valence-electron chi connectivity index (χ2n) is 8.82. The number of likely N-dealkylation sites (tertiary alicyclic amines) is 1. The fourth-order valence-electron chi connectivity index (χ4n) is 3.57. The number of hydrogen-bond acceptors (Lipinski definition) is 4. The van der Waals surface area contributed by atoms with E-state index in [0.717, 1.165) is 42.1 Å². The number of hydrogen-bond donors (Lipinski definition) is 2. The van der Waals surface area contributed by atoms with Crippen LogP contribution in [0.2, 0.25) is 5.02 Å². The predicted octanol–water partition coefficient (Wildman–Crippen LogP) is 5.26. The van der Waals surface area contributed by atoms with Gasteiger partial charge < -0.3 is 10.6 Å². The summed E-state index contributed by atoms with van der Waals surface area (Å²) < 4.78 is 0. The van der Waals surface area contributed by atoms with Gasteiger partial charge in [-0.3, -0.25) is 14.5 Å². The molecule has 0 aliphatic carbocycles. The van der Waals surface area contributed by atoms with Gasteiger partial charge in [-0.25, -0.2) is 0 Å². The molecule has 7 heteroatoms. The van der Waals surface area contributed by atoms with Crippen LogP contribution in [0.1, 0.15) is 60.5 Å². The van der Waals surface area contributed by atoms with Crippen LogP contribution in [0.4, 0.5) is 5.00 Å². The molecule has 2 N–H and O–H groups in total. The summed E-state index contributed by atoms with van der Waals surface area (Å²) in [5.41, 5.74) is 1.41. The Morgan fingerprint density at radius 2 is 1.87 bits per heavy atom. The molecule has 0 bridgehead atoms. The van der Waals surface area contributed by atoms with Gasteiger partial charge in [0.1, 0.15) is 0 Å². The average molecular weight is 448 g/mol. The lowest BCUT2D eigenvalue weighted by atomic mass is 9.96. The largest absolute Gasteiger partial charge is 0.349 e. The molecule has 2 aromatic rings. The highest BCUT2D eigenvalue weighted by Crippen LogP contribution is 2.31. The van der Waals surface area contributed by atoms with Gasteiger partial charge in [0.15, 0.2) is 0 Å². The highest BCUT2D eigenvalue weighted by molar-refractivity contribution is 7.18. The quantitative estimate of drug-likeness (QED) is 0.634. The summed E-state index contributed by atoms with van der Waals surface area (Å²) in [5, 5.41) is 7.43. The first kappa shape index (κ1) is 22.8. The zero-order chi connectivity index (χ0) is 21.9. The molecule has 1 aliphatic heterocycles. The van der Waals surface area contributed by atoms with Crippen molar-refractivity contribution in [1.82, 2.24) is 10.2 Å². The van der Waals surface area contributed by atoms with Gasteiger partial charge in [0.2, 0.25) is 5.91 Å². The van der Waals surface area contributed by atoms with Gasteiger partial charge in [0.25, 0.3) is 5.91 Å². The van der Waals surface area contributed by atoms with Gasteiger partial charge in [-0.15, -0.1) is 11.3 Å². The van der Waals surface area contributed by atoms with Crippen molar-refractivity contribution < 1.29 is 9.59 Å². The summed E-state index contributed by atoms with van der Waals surface area (Å²) in [5.74, 6) is -0.187. The zero-order valence-electron chi connectivity index (χ0n) is 18.0. The van der Waals surface area contributed by atoms with Gasteiger partial charge in [-0.2, -0.15) is 0 Å². The lowest BCUT2D eigenvalue weighted by Gasteiger charge is -2.29. The highest BCUT2D eigenvalue weighted by atomic mass is 35.5. The van der Waals surface area contributed by atoms with Crippen molar-refractivity contribution in [2.24, 2.45) is 5.41 Å². The Morgan fingerprint density at radius 1 is 1.20 bits per heavy atom. The minimum atomic E-state index is -0.488. The minimum absolute atomic E-state index is 0.0467. The first-order valence-electron chi connectivity index (χ1n) is 10.4. The van der Waals surface area contributed by atoms with Crippen LogP contribution in [0.5, 0.6) is 0 Å². The van der Waals surface area contributed by atoms with Crippen molar-refractivity contribution in [3.63, 3.8) is 0 Å². The van der Waals surface area contributed by atoms with Crippen LogP contribution in [-0.4, -0.2) is 36.3 Å². The molecule has 0 unspecified atom stereocenters. The summed E-state index contributed by atoms with van der Waals surface area (Å²) in [6, 6.07) is 9.75. The zero-order valence-corrected chi connectivity index (χ0v) is 19.6. The van der Waals surface area contributed by atoms with Crippen molar-refractivity contribution in [2.45, 2.75) is 46.6 Å². The molecular formula is C23H30ClN3O2S. The Bertz CT molecular complexity index is 913. The van der Waals surface area contributed by atoms with Crippen LogP contribution in [0, 0.1) is 12.3 Å². The molecule has 0 spiro atoms. The first-order chi connectivity index (χ1) is 14.2. The van der Waals surface area contributed by atoms with Gasteiger partial charge in [-0.05, 0) is 56.1 Å². The Kier molecular flexibility index (Phi) is 7.22. The van der Waals surface area contributed by atoms with Crippen LogP contribution in [0.3, 0.4) is 0 Å². The van der Waals surface area contributed by atoms with Gasteiger partial charge in [0.05, 0.1) is 15.9 Å². The smallest absolute Gasteiger partial charge is 0.261 e. The van der Waals surface area contributed by atoms with Crippen LogP contribution >= 0.6 is 22.9 Å². The molecule has 3 rings (SSSR count). The van der Waals surface area contributed by atoms with Crippen molar-refractivity contribution in [3.05, 3.63) is 51.4 Å². The predicted molar refractivity (Wildman–Crippen MR) is 124 cm³/mol. The average Bonchev–Trinajstić information content (AvgIpc) is 3.32. The van der Waals surface area contributed by atoms with Crippen molar-refractivity contribution >= 4 is 39.8 Å². The number of carbonyl (C=O) groups excluding carboxylic acids is 2. The number of rotatable bonds is 6. The van der Waals surface area contributed by atoms with Crippen LogP contribution in [0.15, 0.2) is 30.3 Å². The van der Waals surface area contributed by atoms with Crippen molar-refractivity contribution in [3.8, 4) is 0 Å². The van der Waals surface area contributed by atoms with E-state index in [1.54, 1.807) is 0 Å². The highest BCUT2D eigenvalue weighted by Gasteiger charge is 2.27. The molecule has 2 heterocycles. The van der Waals surface area contributed by atoms with Crippen LogP contribution < -0.4 is 10.6 Å². The Morgan fingerprint density at radius 3 is 2.50 bits per heavy atom. The number of aryl methyl sites for hydroxylation is 1. The normalized spacial score (nSPS) is 15.8. The number of benzene rings is 1. The third-order valence-electron chi connectivity index (χ3n) is 5.34. The summed E-state index contributed by atoms with van der Waals surface area (Å²) in [4.78, 5) is 28.2. The lowest BCUT2D eigenvalue weighted by molar-refractivity contribution is -0.123. The molecule has 162 valence electrons. The van der Waals surface area contributed by atoms with Crippen LogP contribution in [0.25, 0.3) is 0 Å². The van der Waals surface area contributed by atoms with Gasteiger partial charge in [-0.1, -0.05) is 50.6 Å². The SMILES string of the molecule is Cc1cc(NC(=O)C(C)(C)C)sc1C(=O)NC[C@@H](c1ccccc1Cl)N1CCCC1. The molecule has 1 fully saturated rings. The van der Waals surface area contributed by atoms with E-state index in [1.807, 2.05) is 58.0 Å². The van der Waals surface area contributed by atoms with E-state index in [1.165, 1.54) is 11.3 Å². The third kappa shape index (κ3) is 5.42. The number of anilines is 1. The van der Waals surface area contributed by atoms with E-state index in [0.29, 0.717) is 16.4 Å². The molecule has 5 nitrogen and oxygen atoms in total. The molecule has 1 atom stereocenters. The van der Waals surface area contributed by atoms with Gasteiger partial charge in [0, 0.05) is 17.0 Å². The number of thiophene rings is 1. The first-order valence-corrected chi connectivity index (χ1v) is 11.5. The minimum Gasteiger partial charge on any atom is -0.349 e. The number of amides is 2. The Hall–Kier alpha value is -1.89. The maximum atomic E-state index is 12.9. The molecule has 1 saturated heterocycles. The van der Waals surface area contributed by atoms with Gasteiger partial charge >= 0.3 is 0 Å². The maximum absolute atomic E-state index is 12.9. The fraction of sp³-hybridized carbons (Fsp3) is 0.478. The lowest BCUT2D eigenvalue weighted by Crippen LogP contribution is -2.36. The fourth-order valence-corrected chi connectivity index (χ4v) is 4.82. The van der Waals surface area contributed by atoms with E-state index in [2.05, 4.69) is 15.5 Å². The standard InChI is InChI=1S/C23H30ClN3O2S/c1-15-13-19(26-22(29)23(2,3)4)30-20(15)21(28)25-14-18(27-11-7-8-12-27)16-9-5-6-10-17(16)24/h5-6,9-10,13,18H,7-8,11-12,14H2,1-4H3,(H,25,28)(H,26,29)/t18-/m0/s1. The topological polar surface area (TPSA) is 61.4 Å². The Labute approximate surface area is 187 Å². The molecular weight excluding hydrogens is 418 g/mol. The molecule has 0 radical (unpaired) electrons. The molecule has 30 heavy (non-hydrogen) atoms. The summed E-state index contributed by atoms with van der Waals surface area (Å²) in [6.45, 7) is 9.99. The number of nitrogens with one attached hydrogen (secondary N) is 2. The second kappa shape index (κ2) is 9.50. The summed E-state index contributed by atoms with van der Waals surface area (Å²) >= 11 is 7.78. The Balaban J connectivity index is 1.71. The molecule has 2 amide bonds.